The van der Waals surface area contributed by atoms with Crippen molar-refractivity contribution in [2.24, 2.45) is 0 Å². The van der Waals surface area contributed by atoms with Crippen LogP contribution in [-0.2, 0) is 6.42 Å². The van der Waals surface area contributed by atoms with Crippen LogP contribution in [0.4, 0.5) is 0 Å². The first-order valence-corrected chi connectivity index (χ1v) is 5.26. The maximum absolute atomic E-state index is 11.5. The van der Waals surface area contributed by atoms with Crippen LogP contribution in [0.3, 0.4) is 0 Å². The van der Waals surface area contributed by atoms with Gasteiger partial charge >= 0.3 is 0 Å². The lowest BCUT2D eigenvalue weighted by Gasteiger charge is -1.94. The quantitative estimate of drug-likeness (QED) is 0.795. The summed E-state index contributed by atoms with van der Waals surface area (Å²) in [4.78, 5) is 14.5. The van der Waals surface area contributed by atoms with Crippen LogP contribution in [0, 0.1) is 11.3 Å². The lowest BCUT2D eigenvalue weighted by Crippen LogP contribution is -1.96. The molecular weight excluding hydrogens is 200 g/mol. The zero-order chi connectivity index (χ0) is 11.5. The molecule has 0 fully saturated rings. The summed E-state index contributed by atoms with van der Waals surface area (Å²) >= 11 is 0. The zero-order valence-corrected chi connectivity index (χ0v) is 9.08. The largest absolute Gasteiger partial charge is 0.352 e. The van der Waals surface area contributed by atoms with Crippen LogP contribution in [0.2, 0.25) is 0 Å². The number of carbonyl (C=O) groups excluding carboxylic acids is 1. The number of Topliss-reactive ketones (excluding diaryl/α,β-unsaturated/α-hetero) is 1. The van der Waals surface area contributed by atoms with Crippen LogP contribution in [0.1, 0.15) is 29.4 Å². The third-order valence-electron chi connectivity index (χ3n) is 2.63. The number of rotatable bonds is 3. The van der Waals surface area contributed by atoms with E-state index in [1.54, 1.807) is 0 Å². The van der Waals surface area contributed by atoms with Gasteiger partial charge in [0.2, 0.25) is 0 Å². The number of benzene rings is 1. The number of nitrogens with zero attached hydrogens (tertiary/aromatic N) is 1. The summed E-state index contributed by atoms with van der Waals surface area (Å²) in [5, 5.41) is 9.50. The van der Waals surface area contributed by atoms with Gasteiger partial charge in [0.05, 0.1) is 11.8 Å². The van der Waals surface area contributed by atoms with Gasteiger partial charge in [-0.1, -0.05) is 13.0 Å². The average Bonchev–Trinajstić information content (AvgIpc) is 2.71. The third-order valence-corrected chi connectivity index (χ3v) is 2.63. The van der Waals surface area contributed by atoms with E-state index in [1.165, 1.54) is 5.56 Å². The topological polar surface area (TPSA) is 56.6 Å². The number of aromatic amines is 1. The summed E-state index contributed by atoms with van der Waals surface area (Å²) in [6, 6.07) is 9.75. The highest BCUT2D eigenvalue weighted by atomic mass is 16.1. The van der Waals surface area contributed by atoms with Gasteiger partial charge in [0.25, 0.3) is 0 Å². The average molecular weight is 212 g/mol. The molecule has 0 amide bonds. The van der Waals surface area contributed by atoms with Gasteiger partial charge in [0.1, 0.15) is 6.42 Å². The Balaban J connectivity index is 2.44. The monoisotopic (exact) mass is 212 g/mol. The van der Waals surface area contributed by atoms with Crippen molar-refractivity contribution in [1.29, 1.82) is 5.26 Å². The molecular formula is C13H12N2O. The molecule has 1 aromatic heterocycles. The van der Waals surface area contributed by atoms with Crippen molar-refractivity contribution in [1.82, 2.24) is 4.98 Å². The standard InChI is InChI=1S/C13H12N2O/c1-2-9-3-4-11-10(7-9)8-12(15-11)13(16)5-6-14/h3-4,7-8,15H,2,5H2,1H3. The van der Waals surface area contributed by atoms with Crippen molar-refractivity contribution in [3.05, 3.63) is 35.5 Å². The van der Waals surface area contributed by atoms with Gasteiger partial charge in [0.15, 0.2) is 5.78 Å². The van der Waals surface area contributed by atoms with Crippen LogP contribution in [0.5, 0.6) is 0 Å². The number of aryl methyl sites for hydroxylation is 1. The van der Waals surface area contributed by atoms with Crippen LogP contribution >= 0.6 is 0 Å². The van der Waals surface area contributed by atoms with E-state index >= 15 is 0 Å². The number of hydrogen-bond acceptors (Lipinski definition) is 2. The van der Waals surface area contributed by atoms with Gasteiger partial charge in [0, 0.05) is 10.9 Å². The van der Waals surface area contributed by atoms with E-state index in [4.69, 9.17) is 5.26 Å². The molecule has 0 radical (unpaired) electrons. The summed E-state index contributed by atoms with van der Waals surface area (Å²) < 4.78 is 0. The van der Waals surface area contributed by atoms with E-state index < -0.39 is 0 Å². The van der Waals surface area contributed by atoms with Crippen molar-refractivity contribution in [3.8, 4) is 6.07 Å². The third kappa shape index (κ3) is 1.82. The van der Waals surface area contributed by atoms with E-state index in [1.807, 2.05) is 24.3 Å². The van der Waals surface area contributed by atoms with Crippen molar-refractivity contribution < 1.29 is 4.79 Å². The normalized spacial score (nSPS) is 10.2. The SMILES string of the molecule is CCc1ccc2[nH]c(C(=O)CC#N)cc2c1. The summed E-state index contributed by atoms with van der Waals surface area (Å²) in [5.74, 6) is -0.156. The minimum Gasteiger partial charge on any atom is -0.352 e. The second kappa shape index (κ2) is 4.19. The van der Waals surface area contributed by atoms with Gasteiger partial charge in [-0.15, -0.1) is 0 Å². The van der Waals surface area contributed by atoms with Gasteiger partial charge < -0.3 is 4.98 Å². The fourth-order valence-electron chi connectivity index (χ4n) is 1.72. The highest BCUT2D eigenvalue weighted by molar-refractivity contribution is 6.00. The minimum absolute atomic E-state index is 0.0759. The number of hydrogen-bond donors (Lipinski definition) is 1. The Kier molecular flexibility index (Phi) is 2.74. The van der Waals surface area contributed by atoms with Gasteiger partial charge in [-0.25, -0.2) is 0 Å². The molecule has 0 unspecified atom stereocenters. The van der Waals surface area contributed by atoms with Gasteiger partial charge in [-0.3, -0.25) is 4.79 Å². The molecule has 0 aliphatic rings. The molecule has 1 heterocycles. The highest BCUT2D eigenvalue weighted by Crippen LogP contribution is 2.18. The van der Waals surface area contributed by atoms with Crippen molar-refractivity contribution in [2.75, 3.05) is 0 Å². The van der Waals surface area contributed by atoms with Crippen molar-refractivity contribution >= 4 is 16.7 Å². The Morgan fingerprint density at radius 3 is 2.94 bits per heavy atom. The van der Waals surface area contributed by atoms with E-state index in [0.717, 1.165) is 17.3 Å². The zero-order valence-electron chi connectivity index (χ0n) is 9.08. The fourth-order valence-corrected chi connectivity index (χ4v) is 1.72. The summed E-state index contributed by atoms with van der Waals surface area (Å²) in [5.41, 5.74) is 2.70. The Morgan fingerprint density at radius 1 is 1.44 bits per heavy atom. The number of aromatic nitrogens is 1. The molecule has 2 rings (SSSR count). The first-order valence-electron chi connectivity index (χ1n) is 5.26. The van der Waals surface area contributed by atoms with E-state index in [2.05, 4.69) is 18.0 Å². The predicted octanol–water partition coefficient (Wildman–Crippen LogP) is 2.83. The maximum atomic E-state index is 11.5. The van der Waals surface area contributed by atoms with Crippen LogP contribution < -0.4 is 0 Å². The first-order chi connectivity index (χ1) is 7.74. The molecule has 16 heavy (non-hydrogen) atoms. The molecule has 1 aromatic carbocycles. The summed E-state index contributed by atoms with van der Waals surface area (Å²) in [6.45, 7) is 2.09. The van der Waals surface area contributed by atoms with Gasteiger partial charge in [-0.05, 0) is 30.2 Å². The molecule has 1 N–H and O–H groups in total. The second-order valence-electron chi connectivity index (χ2n) is 3.72. The number of nitriles is 1. The Labute approximate surface area is 93.7 Å². The van der Waals surface area contributed by atoms with Crippen molar-refractivity contribution in [3.63, 3.8) is 0 Å². The predicted molar refractivity (Wildman–Crippen MR) is 62.2 cm³/mol. The summed E-state index contributed by atoms with van der Waals surface area (Å²) in [6.07, 6.45) is 0.899. The fraction of sp³-hybridized carbons (Fsp3) is 0.231. The number of carbonyl (C=O) groups is 1. The number of fused-ring (bicyclic) bond motifs is 1. The number of ketones is 1. The lowest BCUT2D eigenvalue weighted by atomic mass is 10.1. The maximum Gasteiger partial charge on any atom is 0.193 e. The molecule has 0 saturated carbocycles. The molecule has 2 aromatic rings. The van der Waals surface area contributed by atoms with E-state index in [9.17, 15) is 4.79 Å². The molecule has 0 bridgehead atoms. The molecule has 0 aliphatic heterocycles. The molecule has 80 valence electrons. The molecule has 3 nitrogen and oxygen atoms in total. The lowest BCUT2D eigenvalue weighted by molar-refractivity contribution is 0.0994. The van der Waals surface area contributed by atoms with Crippen LogP contribution in [0.15, 0.2) is 24.3 Å². The highest BCUT2D eigenvalue weighted by Gasteiger charge is 2.08. The van der Waals surface area contributed by atoms with Crippen LogP contribution in [0.25, 0.3) is 10.9 Å². The van der Waals surface area contributed by atoms with E-state index in [0.29, 0.717) is 5.69 Å². The number of H-pyrrole nitrogens is 1. The Morgan fingerprint density at radius 2 is 2.25 bits per heavy atom. The van der Waals surface area contributed by atoms with Crippen LogP contribution in [-0.4, -0.2) is 10.8 Å². The first kappa shape index (κ1) is 10.4. The van der Waals surface area contributed by atoms with Gasteiger partial charge in [-0.2, -0.15) is 5.26 Å². The summed E-state index contributed by atoms with van der Waals surface area (Å²) in [7, 11) is 0. The Hall–Kier alpha value is -2.08. The second-order valence-corrected chi connectivity index (χ2v) is 3.72. The van der Waals surface area contributed by atoms with E-state index in [-0.39, 0.29) is 12.2 Å². The smallest absolute Gasteiger partial charge is 0.193 e. The molecule has 0 saturated heterocycles. The Bertz CT molecular complexity index is 575. The van der Waals surface area contributed by atoms with Crippen molar-refractivity contribution in [2.45, 2.75) is 19.8 Å². The number of nitrogens with one attached hydrogen (secondary N) is 1. The molecule has 3 heteroatoms. The minimum atomic E-state index is -0.156. The molecule has 0 spiro atoms. The molecule has 0 aliphatic carbocycles. The molecule has 0 atom stereocenters.